The van der Waals surface area contributed by atoms with Gasteiger partial charge in [-0.3, -0.25) is 33.9 Å². The third kappa shape index (κ3) is 24.5. The van der Waals surface area contributed by atoms with Crippen LogP contribution < -0.4 is 52.2 Å². The number of carbonyl (C=O) groups is 1. The van der Waals surface area contributed by atoms with Gasteiger partial charge in [0, 0.05) is 97.3 Å². The lowest BCUT2D eigenvalue weighted by atomic mass is 9.99. The second kappa shape index (κ2) is 47.9. The van der Waals surface area contributed by atoms with E-state index in [0.29, 0.717) is 82.8 Å². The predicted octanol–water partition coefficient (Wildman–Crippen LogP) is 3.15. The van der Waals surface area contributed by atoms with E-state index in [1.807, 2.05) is 198 Å². The molecule has 0 saturated carbocycles. The number of hydrogen-bond acceptors (Lipinski definition) is 33. The molecular weight excluding hydrogens is 1890 g/mol. The summed E-state index contributed by atoms with van der Waals surface area (Å²) < 4.78 is 51.3. The first-order chi connectivity index (χ1) is 70.1. The van der Waals surface area contributed by atoms with Crippen LogP contribution in [0.1, 0.15) is 33.4 Å². The van der Waals surface area contributed by atoms with Crippen LogP contribution in [0.5, 0.6) is 23.0 Å². The van der Waals surface area contributed by atoms with Gasteiger partial charge in [-0.15, -0.1) is 0 Å². The Morgan fingerprint density at radius 2 is 0.651 bits per heavy atom. The van der Waals surface area contributed by atoms with E-state index < -0.39 is 149 Å². The molecule has 4 aliphatic rings. The molecule has 14 aromatic rings. The number of ether oxygens (including phenoxy) is 8. The first-order valence-electron chi connectivity index (χ1n) is 47.4. The van der Waals surface area contributed by atoms with E-state index in [9.17, 15) is 106 Å². The molecule has 4 saturated heterocycles. The molecule has 0 bridgehead atoms. The molecule has 10 heterocycles. The molecule has 4 aliphatic heterocycles. The largest absolute Gasteiger partial charge is 0.462 e. The summed E-state index contributed by atoms with van der Waals surface area (Å²) in [4.78, 5) is 74.7. The Kier molecular flexibility index (Phi) is 35.1. The van der Waals surface area contributed by atoms with Crippen molar-refractivity contribution in [2.45, 2.75) is 177 Å². The molecule has 38 heteroatoms. The number of benzene rings is 8. The number of carbonyl (C=O) groups excluding carboxylic acids is 1. The number of nitrogens with two attached hydrogens (primary N) is 1. The molecule has 146 heavy (non-hydrogen) atoms. The van der Waals surface area contributed by atoms with Gasteiger partial charge in [0.1, 0.15) is 127 Å². The lowest BCUT2D eigenvalue weighted by Crippen LogP contribution is -2.60. The summed E-state index contributed by atoms with van der Waals surface area (Å²) in [5.74, 6) is 1.32. The number of fused-ring (bicyclic) bond motifs is 4. The Balaban J connectivity index is 0.000000146. The van der Waals surface area contributed by atoms with Crippen molar-refractivity contribution in [1.29, 1.82) is 0 Å². The minimum absolute atomic E-state index is 0.0366. The van der Waals surface area contributed by atoms with Crippen molar-refractivity contribution in [3.05, 3.63) is 318 Å². The Morgan fingerprint density at radius 3 is 0.952 bits per heavy atom. The summed E-state index contributed by atoms with van der Waals surface area (Å²) in [6.07, 6.45) is -13.4. The van der Waals surface area contributed by atoms with Gasteiger partial charge in [0.05, 0.1) is 39.5 Å². The van der Waals surface area contributed by atoms with Gasteiger partial charge in [0.15, 0.2) is 0 Å². The average Bonchev–Trinajstić information content (AvgIpc) is 0.787. The molecule has 8 aromatic carbocycles. The van der Waals surface area contributed by atoms with Gasteiger partial charge in [-0.25, -0.2) is 0 Å². The summed E-state index contributed by atoms with van der Waals surface area (Å²) in [7, 11) is 3.94. The summed E-state index contributed by atoms with van der Waals surface area (Å²) in [6.45, 7) is 7.91. The topological polar surface area (TPSA) is 570 Å². The van der Waals surface area contributed by atoms with Crippen LogP contribution >= 0.6 is 0 Å². The molecule has 0 aliphatic carbocycles. The molecule has 18 rings (SSSR count). The quantitative estimate of drug-likeness (QED) is 0.0351. The van der Waals surface area contributed by atoms with Crippen molar-refractivity contribution in [2.75, 3.05) is 60.2 Å². The van der Waals surface area contributed by atoms with E-state index >= 15 is 0 Å². The molecule has 0 radical (unpaired) electrons. The Bertz CT molecular complexity index is 6930. The van der Waals surface area contributed by atoms with Crippen LogP contribution in [0.2, 0.25) is 0 Å². The SMILES string of the molecule is Cc1cc(-c2ccc3ccn(CC(=O)NCCN)c(=O)c3c2)ccc1OC1OC(CO)C(O)C(O)C1O.Cc1cc(-c2ccc3ccn(CCN(C)C)c(=O)c3c2)ccc1OC1OC(CO)C(O)C(O)C1O.Cc1cc(-c2ccc3ccn(Cc4cccnc4)c(=O)c3c2)ccc1OC1OC(CO)C(O)C(O)C1O.Cc1cc(-c2ccc3ccn(Cc4ccncc4)c(=O)c3c2)ccc1OC1OC(CO)C(O)C(O)C1O. The smallest absolute Gasteiger partial charge is 0.258 e. The second-order valence-electron chi connectivity index (χ2n) is 36.6. The lowest BCUT2D eigenvalue weighted by molar-refractivity contribution is -0.277. The Hall–Kier alpha value is -13.3. The van der Waals surface area contributed by atoms with Crippen molar-refractivity contribution >= 4 is 49.0 Å². The fourth-order valence-electron chi connectivity index (χ4n) is 17.5. The van der Waals surface area contributed by atoms with Gasteiger partial charge in [-0.1, -0.05) is 78.9 Å². The number of aryl methyl sites for hydroxylation is 4. The minimum atomic E-state index is -1.54. The highest BCUT2D eigenvalue weighted by Gasteiger charge is 2.49. The monoisotopic (exact) mass is 2010 g/mol. The number of nitrogens with zero attached hydrogens (tertiary/aromatic N) is 7. The zero-order valence-electron chi connectivity index (χ0n) is 80.6. The zero-order valence-corrected chi connectivity index (χ0v) is 80.6. The third-order valence-electron chi connectivity index (χ3n) is 26.1. The maximum atomic E-state index is 13.2. The van der Waals surface area contributed by atoms with Crippen molar-refractivity contribution < 1.29 is 124 Å². The number of nitrogens with one attached hydrogen (secondary N) is 1. The van der Waals surface area contributed by atoms with Crippen LogP contribution in [0, 0.1) is 27.7 Å². The summed E-state index contributed by atoms with van der Waals surface area (Å²) in [6, 6.07) is 59.3. The van der Waals surface area contributed by atoms with Crippen LogP contribution in [0.25, 0.3) is 87.6 Å². The summed E-state index contributed by atoms with van der Waals surface area (Å²) in [5, 5.41) is 167. The van der Waals surface area contributed by atoms with Gasteiger partial charge in [-0.2, -0.15) is 0 Å². The molecule has 38 nitrogen and oxygen atoms in total. The minimum Gasteiger partial charge on any atom is -0.462 e. The normalized spacial score (nSPS) is 24.0. The standard InChI is InChI=1S/2C28H28N2O7.C26H31N3O8.C26H32N2O7/c1-16-12-19(4-5-22(16)36-28-26(34)25(33)24(32)23(15-31)37-28)20-3-2-18-8-11-30(27(35)21(18)13-20)14-17-6-9-29-10-7-17;1-16-11-19(6-7-22(16)36-28-26(34)25(33)24(32)23(15-31)37-28)20-5-4-18-8-10-30(27(35)21(18)12-20)14-17-3-2-9-29-13-17;1-14-10-16(4-5-19(14)36-26-24(34)23(33)22(32)20(13-30)37-26)17-3-2-15-6-9-29(25(35)18(15)11-17)12-21(31)28-8-7-27;1-15-12-17(6-7-20(15)34-26-24(32)23(31)22(30)21(14-29)35-26)18-5-4-16-8-9-28(11-10-27(2)3)25(33)19(16)13-18/h2*2-13,23-26,28,31-34H,14-15H2,1H3;2-6,9-11,20,22-24,26,30,32-34H,7-8,12-13,27H2,1H3,(H,28,31);4-9,12-13,21-24,26,29-32H,10-11,14H2,1-3H3. The van der Waals surface area contributed by atoms with Gasteiger partial charge >= 0.3 is 0 Å². The molecule has 4 fully saturated rings. The van der Waals surface area contributed by atoms with E-state index in [2.05, 4.69) is 15.3 Å². The van der Waals surface area contributed by atoms with Crippen molar-refractivity contribution in [1.82, 2.24) is 38.5 Å². The fourth-order valence-corrected chi connectivity index (χ4v) is 17.5. The second-order valence-corrected chi connectivity index (χ2v) is 36.6. The number of likely N-dealkylation sites (N-methyl/N-ethyl adjacent to an activating group) is 1. The maximum absolute atomic E-state index is 13.2. The van der Waals surface area contributed by atoms with E-state index in [1.54, 1.807) is 106 Å². The number of hydrogen-bond donors (Lipinski definition) is 18. The van der Waals surface area contributed by atoms with Crippen LogP contribution in [-0.2, 0) is 49.9 Å². The highest BCUT2D eigenvalue weighted by molar-refractivity contribution is 5.90. The van der Waals surface area contributed by atoms with Crippen LogP contribution in [0.15, 0.2) is 263 Å². The van der Waals surface area contributed by atoms with Gasteiger partial charge in [0.25, 0.3) is 22.2 Å². The number of aliphatic hydroxyl groups is 16. The Labute approximate surface area is 836 Å². The summed E-state index contributed by atoms with van der Waals surface area (Å²) >= 11 is 0. The van der Waals surface area contributed by atoms with Crippen LogP contribution in [0.3, 0.4) is 0 Å². The van der Waals surface area contributed by atoms with Crippen LogP contribution in [0.4, 0.5) is 0 Å². The Morgan fingerprint density at radius 1 is 0.356 bits per heavy atom. The number of amides is 1. The molecular formula is C108H119N9O29. The highest BCUT2D eigenvalue weighted by atomic mass is 16.7. The van der Waals surface area contributed by atoms with Gasteiger partial charge in [0.2, 0.25) is 31.1 Å². The molecule has 19 N–H and O–H groups in total. The molecule has 770 valence electrons. The van der Waals surface area contributed by atoms with E-state index in [4.69, 9.17) is 43.6 Å². The van der Waals surface area contributed by atoms with Gasteiger partial charge in [-0.05, 0) is 256 Å². The molecule has 20 atom stereocenters. The van der Waals surface area contributed by atoms with Crippen LogP contribution in [-0.4, -0.2) is 304 Å². The van der Waals surface area contributed by atoms with Gasteiger partial charge < -0.3 is 154 Å². The van der Waals surface area contributed by atoms with Crippen molar-refractivity contribution in [2.24, 2.45) is 5.73 Å². The molecule has 1 amide bonds. The maximum Gasteiger partial charge on any atom is 0.258 e. The van der Waals surface area contributed by atoms with E-state index in [1.165, 1.54) is 4.57 Å². The van der Waals surface area contributed by atoms with E-state index in [-0.39, 0.29) is 34.7 Å². The average molecular weight is 2010 g/mol. The zero-order chi connectivity index (χ0) is 104. The fraction of sp³-hybridized carbons (Fsp3) is 0.343. The molecule has 0 spiro atoms. The van der Waals surface area contributed by atoms with Crippen molar-refractivity contribution in [3.63, 3.8) is 0 Å². The highest BCUT2D eigenvalue weighted by Crippen LogP contribution is 2.38. The molecule has 6 aromatic heterocycles. The van der Waals surface area contributed by atoms with E-state index in [0.717, 1.165) is 100 Å². The first-order valence-corrected chi connectivity index (χ1v) is 47.4. The first kappa shape index (κ1) is 107. The number of pyridine rings is 6. The lowest BCUT2D eigenvalue weighted by Gasteiger charge is -2.39. The predicted molar refractivity (Wildman–Crippen MR) is 538 cm³/mol. The van der Waals surface area contributed by atoms with Crippen molar-refractivity contribution in [3.8, 4) is 67.5 Å². The number of rotatable bonds is 27. The summed E-state index contributed by atoms with van der Waals surface area (Å²) in [5.41, 5.74) is 16.5. The number of aromatic nitrogens is 6. The molecule has 20 unspecified atom stereocenters. The third-order valence-corrected chi connectivity index (χ3v) is 26.1. The number of aliphatic hydroxyl groups excluding tert-OH is 16.